The van der Waals surface area contributed by atoms with Gasteiger partial charge in [0.1, 0.15) is 12.0 Å². The van der Waals surface area contributed by atoms with Crippen molar-refractivity contribution in [3.8, 4) is 0 Å². The Morgan fingerprint density at radius 2 is 1.90 bits per heavy atom. The number of anilines is 1. The van der Waals surface area contributed by atoms with Gasteiger partial charge in [0.25, 0.3) is 0 Å². The lowest BCUT2D eigenvalue weighted by molar-refractivity contribution is 0.0179. The standard InChI is InChI=1S/C9H12FN3O2.2C2H6.CH4O/c1-5-4-13(9(14)12-7(5)11)8-6(10)2-3-15-8;3*1-2/h4,6,8H,2-3H2,1H3,(H2,11,12,14);2*1-2H3;2H,1H3. The molecule has 2 atom stereocenters. The maximum Gasteiger partial charge on any atom is 0.351 e. The Labute approximate surface area is 125 Å². The number of aryl methyl sites for hydroxylation is 1. The van der Waals surface area contributed by atoms with Crippen LogP contribution in [-0.2, 0) is 4.74 Å². The number of nitrogens with zero attached hydrogens (tertiary/aromatic N) is 2. The van der Waals surface area contributed by atoms with Crippen LogP contribution >= 0.6 is 0 Å². The van der Waals surface area contributed by atoms with Crippen LogP contribution in [0.3, 0.4) is 0 Å². The molecule has 1 aromatic rings. The summed E-state index contributed by atoms with van der Waals surface area (Å²) in [7, 11) is 1.00. The van der Waals surface area contributed by atoms with E-state index >= 15 is 0 Å². The van der Waals surface area contributed by atoms with Crippen molar-refractivity contribution < 1.29 is 14.2 Å². The second kappa shape index (κ2) is 12.3. The number of aromatic nitrogens is 2. The first-order valence-corrected chi connectivity index (χ1v) is 7.15. The summed E-state index contributed by atoms with van der Waals surface area (Å²) in [6.07, 6.45) is -0.231. The van der Waals surface area contributed by atoms with Crippen LogP contribution in [0.15, 0.2) is 11.0 Å². The van der Waals surface area contributed by atoms with Crippen molar-refractivity contribution in [1.29, 1.82) is 0 Å². The van der Waals surface area contributed by atoms with Gasteiger partial charge in [-0.2, -0.15) is 4.98 Å². The predicted octanol–water partition coefficient (Wildman–Crippen LogP) is 2.05. The Balaban J connectivity index is 0. The van der Waals surface area contributed by atoms with Gasteiger partial charge in [-0.25, -0.2) is 9.18 Å². The number of ether oxygens (including phenoxy) is 1. The van der Waals surface area contributed by atoms with E-state index in [1.807, 2.05) is 27.7 Å². The fourth-order valence-electron chi connectivity index (χ4n) is 1.56. The van der Waals surface area contributed by atoms with Crippen LogP contribution in [-0.4, -0.2) is 34.5 Å². The minimum Gasteiger partial charge on any atom is -0.400 e. The van der Waals surface area contributed by atoms with Crippen LogP contribution in [0.1, 0.15) is 45.9 Å². The van der Waals surface area contributed by atoms with E-state index in [1.165, 1.54) is 6.20 Å². The quantitative estimate of drug-likeness (QED) is 0.828. The van der Waals surface area contributed by atoms with Gasteiger partial charge < -0.3 is 15.6 Å². The Morgan fingerprint density at radius 1 is 1.38 bits per heavy atom. The first kappa shape index (κ1) is 21.8. The van der Waals surface area contributed by atoms with Crippen LogP contribution in [0, 0.1) is 6.92 Å². The number of rotatable bonds is 1. The van der Waals surface area contributed by atoms with Crippen molar-refractivity contribution in [3.63, 3.8) is 0 Å². The molecule has 0 radical (unpaired) electrons. The van der Waals surface area contributed by atoms with Crippen molar-refractivity contribution in [2.75, 3.05) is 19.5 Å². The highest BCUT2D eigenvalue weighted by atomic mass is 19.1. The molecule has 7 heteroatoms. The van der Waals surface area contributed by atoms with Crippen LogP contribution in [0.5, 0.6) is 0 Å². The molecule has 1 aliphatic rings. The normalized spacial score (nSPS) is 19.2. The third-order valence-electron chi connectivity index (χ3n) is 2.44. The SMILES string of the molecule is CC.CC.CO.Cc1cn(C2OCCC2F)c(=O)nc1N. The fraction of sp³-hybridized carbons (Fsp3) is 0.714. The minimum absolute atomic E-state index is 0.171. The molecular weight excluding hydrogens is 277 g/mol. The van der Waals surface area contributed by atoms with E-state index < -0.39 is 18.1 Å². The number of nitrogens with two attached hydrogens (primary N) is 1. The number of aliphatic hydroxyl groups is 1. The van der Waals surface area contributed by atoms with E-state index in [2.05, 4.69) is 4.98 Å². The summed E-state index contributed by atoms with van der Waals surface area (Å²) in [5.41, 5.74) is 5.52. The summed E-state index contributed by atoms with van der Waals surface area (Å²) in [5.74, 6) is 0.171. The van der Waals surface area contributed by atoms with Crippen LogP contribution in [0.4, 0.5) is 10.2 Å². The molecule has 124 valence electrons. The van der Waals surface area contributed by atoms with Gasteiger partial charge in [-0.1, -0.05) is 27.7 Å². The van der Waals surface area contributed by atoms with Gasteiger partial charge in [-0.05, 0) is 6.92 Å². The average molecular weight is 305 g/mol. The van der Waals surface area contributed by atoms with Crippen molar-refractivity contribution in [2.45, 2.75) is 53.4 Å². The third kappa shape index (κ3) is 6.22. The first-order valence-electron chi connectivity index (χ1n) is 7.15. The lowest BCUT2D eigenvalue weighted by Crippen LogP contribution is -2.31. The van der Waals surface area contributed by atoms with E-state index in [-0.39, 0.29) is 5.82 Å². The second-order valence-corrected chi connectivity index (χ2v) is 3.57. The van der Waals surface area contributed by atoms with Crippen molar-refractivity contribution >= 4 is 5.82 Å². The smallest absolute Gasteiger partial charge is 0.351 e. The monoisotopic (exact) mass is 305 g/mol. The zero-order chi connectivity index (χ0) is 17.0. The molecule has 1 fully saturated rings. The van der Waals surface area contributed by atoms with E-state index in [4.69, 9.17) is 15.6 Å². The van der Waals surface area contributed by atoms with Gasteiger partial charge in [-0.15, -0.1) is 0 Å². The van der Waals surface area contributed by atoms with Gasteiger partial charge >= 0.3 is 5.69 Å². The topological polar surface area (TPSA) is 90.4 Å². The van der Waals surface area contributed by atoms with Crippen LogP contribution in [0.25, 0.3) is 0 Å². The molecule has 0 aromatic carbocycles. The minimum atomic E-state index is -1.16. The number of hydrogen-bond acceptors (Lipinski definition) is 5. The van der Waals surface area contributed by atoms with E-state index in [0.29, 0.717) is 18.6 Å². The number of hydrogen-bond donors (Lipinski definition) is 2. The molecular formula is C14H28FN3O3. The zero-order valence-electron chi connectivity index (χ0n) is 13.8. The summed E-state index contributed by atoms with van der Waals surface area (Å²) < 4.78 is 19.6. The zero-order valence-corrected chi connectivity index (χ0v) is 13.8. The number of aliphatic hydroxyl groups excluding tert-OH is 1. The summed E-state index contributed by atoms with van der Waals surface area (Å²) in [6, 6.07) is 0. The average Bonchev–Trinajstić information content (AvgIpc) is 2.95. The molecule has 0 spiro atoms. The summed E-state index contributed by atoms with van der Waals surface area (Å²) in [4.78, 5) is 15.0. The first-order chi connectivity index (χ1) is 10.1. The lowest BCUT2D eigenvalue weighted by atomic mass is 10.3. The molecule has 1 aromatic heterocycles. The summed E-state index contributed by atoms with van der Waals surface area (Å²) in [6.45, 7) is 10.0. The number of halogens is 1. The highest BCUT2D eigenvalue weighted by Gasteiger charge is 2.30. The van der Waals surface area contributed by atoms with Crippen molar-refractivity contribution in [3.05, 3.63) is 22.2 Å². The number of nitrogen functional groups attached to an aromatic ring is 1. The maximum atomic E-state index is 13.3. The summed E-state index contributed by atoms with van der Waals surface area (Å²) >= 11 is 0. The Morgan fingerprint density at radius 3 is 2.33 bits per heavy atom. The van der Waals surface area contributed by atoms with Gasteiger partial charge in [0.05, 0.1) is 6.61 Å². The van der Waals surface area contributed by atoms with Crippen molar-refractivity contribution in [1.82, 2.24) is 9.55 Å². The Hall–Kier alpha value is -1.47. The van der Waals surface area contributed by atoms with Gasteiger partial charge in [0.2, 0.25) is 0 Å². The van der Waals surface area contributed by atoms with Gasteiger partial charge in [-0.3, -0.25) is 4.57 Å². The van der Waals surface area contributed by atoms with Crippen LogP contribution < -0.4 is 11.4 Å². The highest BCUT2D eigenvalue weighted by molar-refractivity contribution is 5.35. The van der Waals surface area contributed by atoms with E-state index in [1.54, 1.807) is 6.92 Å². The largest absolute Gasteiger partial charge is 0.400 e. The Bertz CT molecular complexity index is 438. The predicted molar refractivity (Wildman–Crippen MR) is 83.0 cm³/mol. The van der Waals surface area contributed by atoms with E-state index in [9.17, 15) is 9.18 Å². The molecule has 1 saturated heterocycles. The fourth-order valence-corrected chi connectivity index (χ4v) is 1.56. The van der Waals surface area contributed by atoms with Gasteiger partial charge in [0.15, 0.2) is 6.23 Å². The molecule has 21 heavy (non-hydrogen) atoms. The molecule has 2 unspecified atom stereocenters. The molecule has 2 rings (SSSR count). The second-order valence-electron chi connectivity index (χ2n) is 3.57. The third-order valence-corrected chi connectivity index (χ3v) is 2.44. The molecule has 3 N–H and O–H groups in total. The van der Waals surface area contributed by atoms with Crippen molar-refractivity contribution in [2.24, 2.45) is 0 Å². The highest BCUT2D eigenvalue weighted by Crippen LogP contribution is 2.25. The maximum absolute atomic E-state index is 13.3. The Kier molecular flexibility index (Phi) is 12.8. The molecule has 0 bridgehead atoms. The lowest BCUT2D eigenvalue weighted by Gasteiger charge is -2.15. The summed E-state index contributed by atoms with van der Waals surface area (Å²) in [5, 5.41) is 7.00. The molecule has 0 amide bonds. The number of alkyl halides is 1. The van der Waals surface area contributed by atoms with Gasteiger partial charge in [0, 0.05) is 25.3 Å². The molecule has 6 nitrogen and oxygen atoms in total. The molecule has 1 aliphatic heterocycles. The van der Waals surface area contributed by atoms with E-state index in [0.717, 1.165) is 11.7 Å². The molecule has 0 aliphatic carbocycles. The van der Waals surface area contributed by atoms with Crippen LogP contribution in [0.2, 0.25) is 0 Å². The molecule has 2 heterocycles. The molecule has 0 saturated carbocycles.